The van der Waals surface area contributed by atoms with Gasteiger partial charge < -0.3 is 0 Å². The zero-order chi connectivity index (χ0) is 9.23. The van der Waals surface area contributed by atoms with Gasteiger partial charge in [-0.2, -0.15) is 0 Å². The molecule has 0 fully saturated rings. The summed E-state index contributed by atoms with van der Waals surface area (Å²) in [5.74, 6) is 0.469. The van der Waals surface area contributed by atoms with Gasteiger partial charge in [0.15, 0.2) is 0 Å². The molecule has 0 unspecified atom stereocenters. The zero-order valence-corrected chi connectivity index (χ0v) is 9.57. The number of hydrogen-bond donors (Lipinski definition) is 0. The first-order valence-corrected chi connectivity index (χ1v) is 5.33. The monoisotopic (exact) mass is 177 g/mol. The van der Waals surface area contributed by atoms with E-state index in [4.69, 9.17) is 0 Å². The third-order valence-corrected chi connectivity index (χ3v) is 2.12. The van der Waals surface area contributed by atoms with Gasteiger partial charge in [-0.3, -0.25) is 4.79 Å². The van der Waals surface area contributed by atoms with Crippen LogP contribution in [0.15, 0.2) is 0 Å². The van der Waals surface area contributed by atoms with Crippen LogP contribution in [0, 0.1) is 0 Å². The maximum atomic E-state index is 11.2. The van der Waals surface area contributed by atoms with Crippen molar-refractivity contribution >= 4 is 24.6 Å². The second kappa shape index (κ2) is 12.3. The van der Waals surface area contributed by atoms with Gasteiger partial charge in [-0.05, 0) is 12.8 Å². The van der Waals surface area contributed by atoms with Crippen molar-refractivity contribution in [1.29, 1.82) is 0 Å². The van der Waals surface area contributed by atoms with Crippen LogP contribution in [-0.4, -0.2) is 24.6 Å². The maximum absolute atomic E-state index is 11.2. The molecule has 0 heterocycles. The first-order valence-electron chi connectivity index (χ1n) is 5.33. The van der Waals surface area contributed by atoms with E-state index in [9.17, 15) is 4.79 Å². The molecule has 2 heteroatoms. The molecule has 0 aromatic heterocycles. The number of carbonyl (C=O) groups is 1. The predicted octanol–water partition coefficient (Wildman–Crippen LogP) is 3.34. The van der Waals surface area contributed by atoms with Gasteiger partial charge in [-0.15, -0.1) is 0 Å². The average molecular weight is 177 g/mol. The maximum Gasteiger partial charge on any atom is 0.132 e. The molecule has 0 bridgehead atoms. The first kappa shape index (κ1) is 15.7. The van der Waals surface area contributed by atoms with Gasteiger partial charge in [0, 0.05) is 31.7 Å². The molecule has 0 aliphatic heterocycles. The van der Waals surface area contributed by atoms with Crippen LogP contribution in [0.2, 0.25) is 0 Å². The van der Waals surface area contributed by atoms with Gasteiger partial charge in [0.05, 0.1) is 0 Å². The summed E-state index contributed by atoms with van der Waals surface area (Å²) in [5.41, 5.74) is 0. The van der Waals surface area contributed by atoms with Crippen LogP contribution in [0.3, 0.4) is 0 Å². The number of ketones is 1. The Kier molecular flexibility index (Phi) is 14.8. The summed E-state index contributed by atoms with van der Waals surface area (Å²) in [5, 5.41) is 0. The topological polar surface area (TPSA) is 17.1 Å². The molecular weight excluding hydrogens is 155 g/mol. The Labute approximate surface area is 94.8 Å². The van der Waals surface area contributed by atoms with Crippen LogP contribution in [0.25, 0.3) is 0 Å². The molecule has 1 nitrogen and oxygen atoms in total. The van der Waals surface area contributed by atoms with Crippen molar-refractivity contribution in [1.82, 2.24) is 0 Å². The fraction of sp³-hybridized carbons (Fsp3) is 0.909. The van der Waals surface area contributed by atoms with E-state index in [0.29, 0.717) is 5.78 Å². The molecule has 0 aliphatic carbocycles. The van der Waals surface area contributed by atoms with Crippen LogP contribution in [0.5, 0.6) is 0 Å². The van der Waals surface area contributed by atoms with E-state index >= 15 is 0 Å². The Bertz CT molecular complexity index is 101. The standard InChI is InChI=1S/C11H22O.Li/c1-3-5-7-9-11(12)10-8-6-4-2;/h3-10H2,1-2H3;. The van der Waals surface area contributed by atoms with Gasteiger partial charge in [0.25, 0.3) is 0 Å². The second-order valence-electron chi connectivity index (χ2n) is 3.45. The number of rotatable bonds is 8. The molecule has 0 N–H and O–H groups in total. The van der Waals surface area contributed by atoms with Gasteiger partial charge in [-0.1, -0.05) is 39.5 Å². The van der Waals surface area contributed by atoms with E-state index in [0.717, 1.165) is 25.7 Å². The number of Topliss-reactive ketones (excluding diaryl/α,β-unsaturated/α-hetero) is 1. The van der Waals surface area contributed by atoms with Crippen molar-refractivity contribution in [3.05, 3.63) is 0 Å². The molecule has 1 radical (unpaired) electrons. The SMILES string of the molecule is CCCCCC(=O)CCCCC.[Li]. The van der Waals surface area contributed by atoms with Crippen LogP contribution in [0.4, 0.5) is 0 Å². The minimum absolute atomic E-state index is 0. The molecule has 73 valence electrons. The van der Waals surface area contributed by atoms with Crippen molar-refractivity contribution in [2.24, 2.45) is 0 Å². The summed E-state index contributed by atoms with van der Waals surface area (Å²) < 4.78 is 0. The second-order valence-corrected chi connectivity index (χ2v) is 3.45. The van der Waals surface area contributed by atoms with Crippen LogP contribution in [0.1, 0.15) is 65.2 Å². The number of unbranched alkanes of at least 4 members (excludes halogenated alkanes) is 4. The molecule has 0 saturated heterocycles. The Hall–Kier alpha value is 0.267. The van der Waals surface area contributed by atoms with Crippen molar-refractivity contribution in [2.75, 3.05) is 0 Å². The summed E-state index contributed by atoms with van der Waals surface area (Å²) in [6, 6.07) is 0. The summed E-state index contributed by atoms with van der Waals surface area (Å²) in [6.45, 7) is 4.34. The van der Waals surface area contributed by atoms with Crippen LogP contribution < -0.4 is 0 Å². The van der Waals surface area contributed by atoms with E-state index < -0.39 is 0 Å². The van der Waals surface area contributed by atoms with E-state index in [2.05, 4.69) is 13.8 Å². The predicted molar refractivity (Wildman–Crippen MR) is 59.0 cm³/mol. The third kappa shape index (κ3) is 12.3. The molecule has 0 amide bonds. The van der Waals surface area contributed by atoms with Gasteiger partial charge >= 0.3 is 0 Å². The van der Waals surface area contributed by atoms with Crippen LogP contribution in [-0.2, 0) is 4.79 Å². The minimum atomic E-state index is 0. The van der Waals surface area contributed by atoms with Crippen molar-refractivity contribution in [3.8, 4) is 0 Å². The minimum Gasteiger partial charge on any atom is -0.300 e. The Morgan fingerprint density at radius 3 is 1.54 bits per heavy atom. The van der Waals surface area contributed by atoms with Gasteiger partial charge in [-0.25, -0.2) is 0 Å². The van der Waals surface area contributed by atoms with Crippen molar-refractivity contribution in [2.45, 2.75) is 65.2 Å². The van der Waals surface area contributed by atoms with E-state index in [1.165, 1.54) is 25.7 Å². The Morgan fingerprint density at radius 2 is 1.23 bits per heavy atom. The molecule has 0 spiro atoms. The quantitative estimate of drug-likeness (QED) is 0.410. The Balaban J connectivity index is 0. The van der Waals surface area contributed by atoms with Crippen molar-refractivity contribution in [3.63, 3.8) is 0 Å². The number of hydrogen-bond acceptors (Lipinski definition) is 1. The van der Waals surface area contributed by atoms with Gasteiger partial charge in [0.2, 0.25) is 0 Å². The third-order valence-electron chi connectivity index (χ3n) is 2.12. The van der Waals surface area contributed by atoms with Gasteiger partial charge in [0.1, 0.15) is 5.78 Å². The average Bonchev–Trinajstić information content (AvgIpc) is 2.06. The summed E-state index contributed by atoms with van der Waals surface area (Å²) in [7, 11) is 0. The molecule has 0 saturated carbocycles. The van der Waals surface area contributed by atoms with E-state index in [1.807, 2.05) is 0 Å². The normalized spacial score (nSPS) is 9.38. The smallest absolute Gasteiger partial charge is 0.132 e. The first-order chi connectivity index (χ1) is 5.81. The van der Waals surface area contributed by atoms with E-state index in [-0.39, 0.29) is 18.9 Å². The zero-order valence-electron chi connectivity index (χ0n) is 9.57. The summed E-state index contributed by atoms with van der Waals surface area (Å²) in [4.78, 5) is 11.2. The number of carbonyl (C=O) groups excluding carboxylic acids is 1. The molecule has 0 aliphatic rings. The molecule has 0 aromatic rings. The molecule has 0 aromatic carbocycles. The largest absolute Gasteiger partial charge is 0.300 e. The molecule has 13 heavy (non-hydrogen) atoms. The molecule has 0 rings (SSSR count). The van der Waals surface area contributed by atoms with Crippen LogP contribution >= 0.6 is 0 Å². The molecule has 0 atom stereocenters. The summed E-state index contributed by atoms with van der Waals surface area (Å²) >= 11 is 0. The fourth-order valence-electron chi connectivity index (χ4n) is 1.27. The summed E-state index contributed by atoms with van der Waals surface area (Å²) in [6.07, 6.45) is 8.67. The molecular formula is C11H22LiO. The fourth-order valence-corrected chi connectivity index (χ4v) is 1.27. The van der Waals surface area contributed by atoms with E-state index in [1.54, 1.807) is 0 Å². The Morgan fingerprint density at radius 1 is 0.846 bits per heavy atom. The van der Waals surface area contributed by atoms with Crippen molar-refractivity contribution < 1.29 is 4.79 Å².